The van der Waals surface area contributed by atoms with Crippen molar-refractivity contribution in [3.8, 4) is 11.1 Å². The van der Waals surface area contributed by atoms with Gasteiger partial charge in [0, 0.05) is 5.92 Å². The van der Waals surface area contributed by atoms with Crippen molar-refractivity contribution < 1.29 is 33.4 Å². The van der Waals surface area contributed by atoms with Gasteiger partial charge < -0.3 is 19.5 Å². The largest absolute Gasteiger partial charge is 0.466 e. The van der Waals surface area contributed by atoms with E-state index in [-0.39, 0.29) is 19.1 Å². The lowest BCUT2D eigenvalue weighted by molar-refractivity contribution is -0.157. The number of carbonyl (C=O) groups excluding carboxylic acids is 4. The fourth-order valence-corrected chi connectivity index (χ4v) is 4.06. The lowest BCUT2D eigenvalue weighted by Gasteiger charge is -2.22. The standard InChI is InChI=1S/C27H31NO7/c1-5-33-24(30)15-23(29)22(14-25(31)35-27(2,3)4)28-26(32)34-16-21-19-12-8-6-10-17(19)18-11-7-9-13-20(18)21/h6-13,21-22H,5,14-16H2,1-4H3,(H,28,32)/t22-/m0/s1. The zero-order valence-corrected chi connectivity index (χ0v) is 20.5. The van der Waals surface area contributed by atoms with Gasteiger partial charge in [0.1, 0.15) is 24.7 Å². The summed E-state index contributed by atoms with van der Waals surface area (Å²) in [6, 6.07) is 14.5. The number of carbonyl (C=O) groups is 4. The smallest absolute Gasteiger partial charge is 0.407 e. The van der Waals surface area contributed by atoms with Crippen LogP contribution in [0.4, 0.5) is 4.79 Å². The highest BCUT2D eigenvalue weighted by Gasteiger charge is 2.31. The highest BCUT2D eigenvalue weighted by Crippen LogP contribution is 2.44. The quantitative estimate of drug-likeness (QED) is 0.326. The van der Waals surface area contributed by atoms with E-state index in [9.17, 15) is 19.2 Å². The van der Waals surface area contributed by atoms with Crippen molar-refractivity contribution in [2.75, 3.05) is 13.2 Å². The van der Waals surface area contributed by atoms with Crippen LogP contribution >= 0.6 is 0 Å². The number of alkyl carbamates (subject to hydrolysis) is 1. The first-order valence-corrected chi connectivity index (χ1v) is 11.6. The van der Waals surface area contributed by atoms with Crippen molar-refractivity contribution >= 4 is 23.8 Å². The third-order valence-corrected chi connectivity index (χ3v) is 5.44. The van der Waals surface area contributed by atoms with Gasteiger partial charge >= 0.3 is 18.0 Å². The average Bonchev–Trinajstić information content (AvgIpc) is 3.10. The molecule has 2 aromatic carbocycles. The summed E-state index contributed by atoms with van der Waals surface area (Å²) in [5.74, 6) is -2.24. The maximum absolute atomic E-state index is 12.7. The number of nitrogens with one attached hydrogen (secondary N) is 1. The number of rotatable bonds is 9. The SMILES string of the molecule is CCOC(=O)CC(=O)[C@H](CC(=O)OC(C)(C)C)NC(=O)OCC1c2ccccc2-c2ccccc21. The number of Topliss-reactive ketones (excluding diaryl/α,β-unsaturated/α-hetero) is 1. The van der Waals surface area contributed by atoms with E-state index >= 15 is 0 Å². The summed E-state index contributed by atoms with van der Waals surface area (Å²) < 4.78 is 15.6. The van der Waals surface area contributed by atoms with Crippen molar-refractivity contribution in [3.63, 3.8) is 0 Å². The molecule has 1 N–H and O–H groups in total. The molecule has 1 atom stereocenters. The molecule has 0 aliphatic heterocycles. The molecule has 1 aliphatic rings. The number of hydrogen-bond acceptors (Lipinski definition) is 7. The lowest BCUT2D eigenvalue weighted by atomic mass is 9.98. The summed E-state index contributed by atoms with van der Waals surface area (Å²) in [5, 5.41) is 2.43. The van der Waals surface area contributed by atoms with Crippen LogP contribution in [0.3, 0.4) is 0 Å². The Hall–Kier alpha value is -3.68. The number of fused-ring (bicyclic) bond motifs is 3. The predicted octanol–water partition coefficient (Wildman–Crippen LogP) is 4.15. The highest BCUT2D eigenvalue weighted by molar-refractivity contribution is 6.01. The molecular formula is C27H31NO7. The van der Waals surface area contributed by atoms with Crippen molar-refractivity contribution in [3.05, 3.63) is 59.7 Å². The third kappa shape index (κ3) is 6.91. The third-order valence-electron chi connectivity index (χ3n) is 5.44. The second-order valence-corrected chi connectivity index (χ2v) is 9.26. The van der Waals surface area contributed by atoms with Crippen molar-refractivity contribution in [1.29, 1.82) is 0 Å². The first kappa shape index (κ1) is 25.9. The first-order valence-electron chi connectivity index (χ1n) is 11.6. The molecule has 0 fully saturated rings. The Morgan fingerprint density at radius 2 is 1.46 bits per heavy atom. The molecule has 0 saturated carbocycles. The van der Waals surface area contributed by atoms with Gasteiger partial charge in [0.05, 0.1) is 13.0 Å². The second-order valence-electron chi connectivity index (χ2n) is 9.26. The molecule has 1 amide bonds. The maximum Gasteiger partial charge on any atom is 0.407 e. The lowest BCUT2D eigenvalue weighted by Crippen LogP contribution is -2.44. The van der Waals surface area contributed by atoms with E-state index < -0.39 is 48.3 Å². The van der Waals surface area contributed by atoms with Gasteiger partial charge in [0.15, 0.2) is 5.78 Å². The molecular weight excluding hydrogens is 450 g/mol. The first-order chi connectivity index (χ1) is 16.6. The van der Waals surface area contributed by atoms with Crippen molar-refractivity contribution in [2.24, 2.45) is 0 Å². The molecule has 186 valence electrons. The van der Waals surface area contributed by atoms with Gasteiger partial charge in [0.2, 0.25) is 0 Å². The van der Waals surface area contributed by atoms with Gasteiger partial charge in [-0.05, 0) is 49.9 Å². The molecule has 1 aliphatic carbocycles. The van der Waals surface area contributed by atoms with Crippen molar-refractivity contribution in [2.45, 2.75) is 58.1 Å². The van der Waals surface area contributed by atoms with E-state index in [1.165, 1.54) is 0 Å². The summed E-state index contributed by atoms with van der Waals surface area (Å²) in [4.78, 5) is 49.5. The van der Waals surface area contributed by atoms with E-state index in [0.717, 1.165) is 22.3 Å². The molecule has 8 heteroatoms. The zero-order chi connectivity index (χ0) is 25.6. The molecule has 0 unspecified atom stereocenters. The Morgan fingerprint density at radius 3 is 2.00 bits per heavy atom. The number of ketones is 1. The summed E-state index contributed by atoms with van der Waals surface area (Å²) in [6.45, 7) is 6.86. The fourth-order valence-electron chi connectivity index (χ4n) is 4.06. The predicted molar refractivity (Wildman–Crippen MR) is 129 cm³/mol. The van der Waals surface area contributed by atoms with Gasteiger partial charge in [-0.25, -0.2) is 4.79 Å². The number of hydrogen-bond donors (Lipinski definition) is 1. The van der Waals surface area contributed by atoms with E-state index in [0.29, 0.717) is 0 Å². The topological polar surface area (TPSA) is 108 Å². The van der Waals surface area contributed by atoms with Crippen LogP contribution in [0.25, 0.3) is 11.1 Å². The van der Waals surface area contributed by atoms with Crippen LogP contribution in [0.1, 0.15) is 57.6 Å². The van der Waals surface area contributed by atoms with Crippen LogP contribution in [0.2, 0.25) is 0 Å². The second kappa shape index (κ2) is 11.2. The van der Waals surface area contributed by atoms with Gasteiger partial charge in [-0.1, -0.05) is 48.5 Å². The van der Waals surface area contributed by atoms with E-state index in [1.54, 1.807) is 27.7 Å². The zero-order valence-electron chi connectivity index (χ0n) is 20.5. The van der Waals surface area contributed by atoms with Crippen LogP contribution in [0, 0.1) is 0 Å². The monoisotopic (exact) mass is 481 g/mol. The van der Waals surface area contributed by atoms with E-state index in [4.69, 9.17) is 14.2 Å². The number of amides is 1. The summed E-state index contributed by atoms with van der Waals surface area (Å²) in [5.41, 5.74) is 3.50. The molecule has 0 heterocycles. The average molecular weight is 482 g/mol. The number of benzene rings is 2. The van der Waals surface area contributed by atoms with Crippen LogP contribution in [-0.2, 0) is 28.6 Å². The maximum atomic E-state index is 12.7. The van der Waals surface area contributed by atoms with Gasteiger partial charge in [0.25, 0.3) is 0 Å². The number of esters is 2. The molecule has 0 bridgehead atoms. The number of ether oxygens (including phenoxy) is 3. The highest BCUT2D eigenvalue weighted by atomic mass is 16.6. The van der Waals surface area contributed by atoms with E-state index in [2.05, 4.69) is 5.32 Å². The Kier molecular flexibility index (Phi) is 8.27. The molecule has 2 aromatic rings. The normalized spacial score (nSPS) is 13.3. The van der Waals surface area contributed by atoms with Crippen LogP contribution in [0.5, 0.6) is 0 Å². The minimum absolute atomic E-state index is 0.0467. The minimum Gasteiger partial charge on any atom is -0.466 e. The summed E-state index contributed by atoms with van der Waals surface area (Å²) in [7, 11) is 0. The Balaban J connectivity index is 1.68. The van der Waals surface area contributed by atoms with Crippen molar-refractivity contribution in [1.82, 2.24) is 5.32 Å². The van der Waals surface area contributed by atoms with Gasteiger partial charge in [-0.3, -0.25) is 14.4 Å². The summed E-state index contributed by atoms with van der Waals surface area (Å²) >= 11 is 0. The molecule has 8 nitrogen and oxygen atoms in total. The van der Waals surface area contributed by atoms with Crippen LogP contribution < -0.4 is 5.32 Å². The Bertz CT molecular complexity index is 1060. The molecule has 0 radical (unpaired) electrons. The van der Waals surface area contributed by atoms with E-state index in [1.807, 2.05) is 48.5 Å². The van der Waals surface area contributed by atoms with Gasteiger partial charge in [-0.15, -0.1) is 0 Å². The molecule has 0 aromatic heterocycles. The minimum atomic E-state index is -1.29. The van der Waals surface area contributed by atoms with Gasteiger partial charge in [-0.2, -0.15) is 0 Å². The molecule has 3 rings (SSSR count). The summed E-state index contributed by atoms with van der Waals surface area (Å²) in [6.07, 6.45) is -1.87. The van der Waals surface area contributed by atoms with Crippen LogP contribution in [0.15, 0.2) is 48.5 Å². The fraction of sp³-hybridized carbons (Fsp3) is 0.407. The molecule has 0 saturated heterocycles. The Morgan fingerprint density at radius 1 is 0.886 bits per heavy atom. The Labute approximate surface area is 204 Å². The molecule has 0 spiro atoms. The molecule has 35 heavy (non-hydrogen) atoms. The van der Waals surface area contributed by atoms with Crippen LogP contribution in [-0.4, -0.2) is 48.7 Å².